The second-order valence-corrected chi connectivity index (χ2v) is 7.82. The Morgan fingerprint density at radius 2 is 1.70 bits per heavy atom. The van der Waals surface area contributed by atoms with Gasteiger partial charge in [-0.05, 0) is 37.1 Å². The number of halogens is 1. The summed E-state index contributed by atoms with van der Waals surface area (Å²) >= 11 is 6.28. The van der Waals surface area contributed by atoms with Crippen molar-refractivity contribution in [3.05, 3.63) is 89.4 Å². The lowest BCUT2D eigenvalue weighted by molar-refractivity contribution is -0.125. The van der Waals surface area contributed by atoms with E-state index >= 15 is 0 Å². The molecule has 1 heterocycles. The minimum Gasteiger partial charge on any atom is -0.348 e. The van der Waals surface area contributed by atoms with E-state index in [1.54, 1.807) is 0 Å². The van der Waals surface area contributed by atoms with Crippen molar-refractivity contribution in [3.8, 4) is 11.3 Å². The fourth-order valence-corrected chi connectivity index (χ4v) is 3.94. The van der Waals surface area contributed by atoms with Gasteiger partial charge in [0, 0.05) is 16.0 Å². The van der Waals surface area contributed by atoms with Crippen LogP contribution in [0, 0.1) is 0 Å². The molecule has 1 aromatic heterocycles. The van der Waals surface area contributed by atoms with Crippen LogP contribution in [0.1, 0.15) is 37.9 Å². The maximum atomic E-state index is 13.2. The van der Waals surface area contributed by atoms with Gasteiger partial charge < -0.3 is 5.32 Å². The number of fused-ring (bicyclic) bond motifs is 1. The van der Waals surface area contributed by atoms with Crippen molar-refractivity contribution in [1.29, 1.82) is 0 Å². The minimum atomic E-state index is -0.419. The Labute approximate surface area is 181 Å². The van der Waals surface area contributed by atoms with Gasteiger partial charge in [0.05, 0.1) is 11.6 Å². The van der Waals surface area contributed by atoms with Crippen LogP contribution in [0.4, 0.5) is 0 Å². The maximum Gasteiger partial charge on any atom is 0.245 e. The molecule has 5 heteroatoms. The van der Waals surface area contributed by atoms with E-state index in [9.17, 15) is 4.79 Å². The predicted octanol–water partition coefficient (Wildman–Crippen LogP) is 6.19. The van der Waals surface area contributed by atoms with Crippen molar-refractivity contribution in [1.82, 2.24) is 15.1 Å². The summed E-state index contributed by atoms with van der Waals surface area (Å²) in [7, 11) is 0. The highest BCUT2D eigenvalue weighted by molar-refractivity contribution is 6.31. The molecule has 0 aliphatic rings. The van der Waals surface area contributed by atoms with Crippen molar-refractivity contribution in [3.63, 3.8) is 0 Å². The largest absolute Gasteiger partial charge is 0.348 e. The zero-order valence-corrected chi connectivity index (χ0v) is 17.8. The maximum absolute atomic E-state index is 13.2. The molecule has 0 radical (unpaired) electrons. The van der Waals surface area contributed by atoms with Crippen molar-refractivity contribution >= 4 is 28.4 Å². The molecule has 0 saturated carbocycles. The molecule has 0 aliphatic heterocycles. The third-order valence-electron chi connectivity index (χ3n) is 5.36. The highest BCUT2D eigenvalue weighted by Gasteiger charge is 2.25. The molecule has 0 spiro atoms. The molecule has 4 aromatic rings. The standard InChI is InChI=1S/C25H24ClN3O/c1-3-22(25(30)27-17(2)18-10-6-4-7-11-18)29-23-15-14-20(26)16-21(23)24(28-29)19-12-8-5-9-13-19/h4-17,22H,3H2,1-2H3,(H,27,30)/t17-,22-/m1/s1. The molecule has 0 fully saturated rings. The quantitative estimate of drug-likeness (QED) is 0.407. The van der Waals surface area contributed by atoms with Gasteiger partial charge in [-0.1, -0.05) is 79.2 Å². The van der Waals surface area contributed by atoms with Crippen LogP contribution in [0.5, 0.6) is 0 Å². The molecule has 0 unspecified atom stereocenters. The lowest BCUT2D eigenvalue weighted by Crippen LogP contribution is -2.34. The molecule has 4 rings (SSSR count). The van der Waals surface area contributed by atoms with Gasteiger partial charge in [-0.15, -0.1) is 0 Å². The smallest absolute Gasteiger partial charge is 0.245 e. The van der Waals surface area contributed by atoms with Crippen LogP contribution in [-0.4, -0.2) is 15.7 Å². The van der Waals surface area contributed by atoms with E-state index in [1.165, 1.54) is 0 Å². The van der Waals surface area contributed by atoms with Gasteiger partial charge in [-0.2, -0.15) is 5.10 Å². The zero-order valence-electron chi connectivity index (χ0n) is 17.0. The fourth-order valence-electron chi connectivity index (χ4n) is 3.76. The van der Waals surface area contributed by atoms with Crippen molar-refractivity contribution in [2.45, 2.75) is 32.4 Å². The second kappa shape index (κ2) is 8.72. The number of benzene rings is 3. The first kappa shape index (κ1) is 20.2. The predicted molar refractivity (Wildman–Crippen MR) is 123 cm³/mol. The van der Waals surface area contributed by atoms with E-state index in [4.69, 9.17) is 16.7 Å². The first-order valence-corrected chi connectivity index (χ1v) is 10.5. The summed E-state index contributed by atoms with van der Waals surface area (Å²) in [5, 5.41) is 9.60. The first-order chi connectivity index (χ1) is 14.6. The molecular formula is C25H24ClN3O. The molecule has 4 nitrogen and oxygen atoms in total. The van der Waals surface area contributed by atoms with Crippen LogP contribution < -0.4 is 5.32 Å². The van der Waals surface area contributed by atoms with E-state index in [1.807, 2.05) is 97.4 Å². The highest BCUT2D eigenvalue weighted by Crippen LogP contribution is 2.32. The average molecular weight is 418 g/mol. The Hall–Kier alpha value is -3.11. The monoisotopic (exact) mass is 417 g/mol. The Kier molecular flexibility index (Phi) is 5.86. The van der Waals surface area contributed by atoms with Crippen LogP contribution in [0.3, 0.4) is 0 Å². The number of carbonyl (C=O) groups excluding carboxylic acids is 1. The van der Waals surface area contributed by atoms with Crippen LogP contribution in [0.2, 0.25) is 5.02 Å². The molecule has 1 N–H and O–H groups in total. The summed E-state index contributed by atoms with van der Waals surface area (Å²) in [5.74, 6) is -0.0483. The lowest BCUT2D eigenvalue weighted by Gasteiger charge is -2.20. The number of amides is 1. The normalized spacial score (nSPS) is 13.2. The van der Waals surface area contributed by atoms with E-state index in [2.05, 4.69) is 5.32 Å². The summed E-state index contributed by atoms with van der Waals surface area (Å²) in [4.78, 5) is 13.2. The SMILES string of the molecule is CC[C@H](C(=O)N[C@H](C)c1ccccc1)n1nc(-c2ccccc2)c2cc(Cl)ccc21. The third kappa shape index (κ3) is 3.96. The third-order valence-corrected chi connectivity index (χ3v) is 5.59. The number of nitrogens with one attached hydrogen (secondary N) is 1. The first-order valence-electron chi connectivity index (χ1n) is 10.2. The molecule has 152 valence electrons. The highest BCUT2D eigenvalue weighted by atomic mass is 35.5. The summed E-state index contributed by atoms with van der Waals surface area (Å²) in [6, 6.07) is 25.1. The van der Waals surface area contributed by atoms with Gasteiger partial charge in [0.2, 0.25) is 5.91 Å². The Morgan fingerprint density at radius 1 is 1.03 bits per heavy atom. The number of hydrogen-bond donors (Lipinski definition) is 1. The Balaban J connectivity index is 1.72. The number of nitrogens with zero attached hydrogens (tertiary/aromatic N) is 2. The number of hydrogen-bond acceptors (Lipinski definition) is 2. The minimum absolute atomic E-state index is 0.0483. The van der Waals surface area contributed by atoms with Crippen molar-refractivity contribution in [2.75, 3.05) is 0 Å². The van der Waals surface area contributed by atoms with Gasteiger partial charge >= 0.3 is 0 Å². The summed E-state index contributed by atoms with van der Waals surface area (Å²) < 4.78 is 1.83. The van der Waals surface area contributed by atoms with Crippen LogP contribution >= 0.6 is 11.6 Å². The fraction of sp³-hybridized carbons (Fsp3) is 0.200. The summed E-state index contributed by atoms with van der Waals surface area (Å²) in [5.41, 5.74) is 3.79. The molecule has 2 atom stereocenters. The number of carbonyl (C=O) groups is 1. The van der Waals surface area contributed by atoms with E-state index in [0.29, 0.717) is 11.4 Å². The Bertz CT molecular complexity index is 1160. The average Bonchev–Trinajstić information content (AvgIpc) is 3.14. The molecular weight excluding hydrogens is 394 g/mol. The van der Waals surface area contributed by atoms with Gasteiger partial charge in [-0.25, -0.2) is 0 Å². The molecule has 3 aromatic carbocycles. The molecule has 0 bridgehead atoms. The van der Waals surface area contributed by atoms with Gasteiger partial charge in [-0.3, -0.25) is 9.48 Å². The number of rotatable bonds is 6. The molecule has 1 amide bonds. The number of aromatic nitrogens is 2. The molecule has 0 saturated heterocycles. The second-order valence-electron chi connectivity index (χ2n) is 7.39. The van der Waals surface area contributed by atoms with Crippen molar-refractivity contribution < 1.29 is 4.79 Å². The molecule has 0 aliphatic carbocycles. The van der Waals surface area contributed by atoms with Crippen molar-refractivity contribution in [2.24, 2.45) is 0 Å². The topological polar surface area (TPSA) is 46.9 Å². The van der Waals surface area contributed by atoms with Gasteiger partial charge in [0.15, 0.2) is 0 Å². The Morgan fingerprint density at radius 3 is 2.37 bits per heavy atom. The van der Waals surface area contributed by atoms with Gasteiger partial charge in [0.1, 0.15) is 11.7 Å². The van der Waals surface area contributed by atoms with E-state index in [0.717, 1.165) is 27.7 Å². The van der Waals surface area contributed by atoms with E-state index < -0.39 is 6.04 Å². The summed E-state index contributed by atoms with van der Waals surface area (Å²) in [6.45, 7) is 4.00. The summed E-state index contributed by atoms with van der Waals surface area (Å²) in [6.07, 6.45) is 0.626. The van der Waals surface area contributed by atoms with Crippen LogP contribution in [-0.2, 0) is 4.79 Å². The van der Waals surface area contributed by atoms with Crippen LogP contribution in [0.15, 0.2) is 78.9 Å². The van der Waals surface area contributed by atoms with E-state index in [-0.39, 0.29) is 11.9 Å². The zero-order chi connectivity index (χ0) is 21.1. The molecule has 30 heavy (non-hydrogen) atoms. The lowest BCUT2D eigenvalue weighted by atomic mass is 10.1. The van der Waals surface area contributed by atoms with Gasteiger partial charge in [0.25, 0.3) is 0 Å². The van der Waals surface area contributed by atoms with Crippen LogP contribution in [0.25, 0.3) is 22.2 Å².